The lowest BCUT2D eigenvalue weighted by Crippen LogP contribution is -2.34. The van der Waals surface area contributed by atoms with Crippen molar-refractivity contribution in [2.45, 2.75) is 25.0 Å². The first-order valence-electron chi connectivity index (χ1n) is 9.13. The third kappa shape index (κ3) is 5.22. The Kier molecular flexibility index (Phi) is 7.16. The molecule has 2 N–H and O–H groups in total. The molecule has 0 fully saturated rings. The Labute approximate surface area is 181 Å². The maximum atomic E-state index is 14.0. The standard InChI is InChI=1S/C19H21FN6O2S2/c1-11(2)15(23-17(28)12-6-4-5-7-13(12)20)16-24-25-19(26(16)3)30-10-14(27)22-18-21-8-9-29-18/h4-9,11,15H,10H2,1-3H3,(H,23,28)(H,21,22,27)/t15-/m0/s1. The van der Waals surface area contributed by atoms with Gasteiger partial charge in [-0.05, 0) is 18.1 Å². The normalized spacial score (nSPS) is 12.0. The topological polar surface area (TPSA) is 102 Å². The number of thioether (sulfide) groups is 1. The summed E-state index contributed by atoms with van der Waals surface area (Å²) >= 11 is 2.57. The van der Waals surface area contributed by atoms with Gasteiger partial charge in [-0.25, -0.2) is 9.37 Å². The predicted octanol–water partition coefficient (Wildman–Crippen LogP) is 3.27. The Bertz CT molecular complexity index is 1020. The minimum absolute atomic E-state index is 0.0188. The number of hydrogen-bond acceptors (Lipinski definition) is 7. The van der Waals surface area contributed by atoms with Crippen molar-refractivity contribution in [3.05, 3.63) is 53.0 Å². The largest absolute Gasteiger partial charge is 0.342 e. The highest BCUT2D eigenvalue weighted by Crippen LogP contribution is 2.25. The summed E-state index contributed by atoms with van der Waals surface area (Å²) in [6.45, 7) is 3.85. The molecule has 0 bridgehead atoms. The molecule has 8 nitrogen and oxygen atoms in total. The van der Waals surface area contributed by atoms with Crippen LogP contribution in [0.15, 0.2) is 41.0 Å². The number of aromatic nitrogens is 4. The lowest BCUT2D eigenvalue weighted by atomic mass is 10.0. The molecular weight excluding hydrogens is 427 g/mol. The van der Waals surface area contributed by atoms with Crippen molar-refractivity contribution < 1.29 is 14.0 Å². The van der Waals surface area contributed by atoms with E-state index < -0.39 is 17.8 Å². The number of nitrogens with zero attached hydrogens (tertiary/aromatic N) is 4. The van der Waals surface area contributed by atoms with Crippen molar-refractivity contribution in [1.29, 1.82) is 0 Å². The van der Waals surface area contributed by atoms with Crippen molar-refractivity contribution in [2.75, 3.05) is 11.1 Å². The average molecular weight is 449 g/mol. The Morgan fingerprint density at radius 1 is 1.27 bits per heavy atom. The second-order valence-electron chi connectivity index (χ2n) is 6.75. The quantitative estimate of drug-likeness (QED) is 0.513. The van der Waals surface area contributed by atoms with E-state index in [4.69, 9.17) is 0 Å². The van der Waals surface area contributed by atoms with E-state index in [0.717, 1.165) is 0 Å². The molecule has 0 aliphatic heterocycles. The second-order valence-corrected chi connectivity index (χ2v) is 8.59. The summed E-state index contributed by atoms with van der Waals surface area (Å²) in [6, 6.07) is 5.33. The van der Waals surface area contributed by atoms with Gasteiger partial charge in [0, 0.05) is 18.6 Å². The lowest BCUT2D eigenvalue weighted by Gasteiger charge is -2.21. The van der Waals surface area contributed by atoms with Crippen molar-refractivity contribution in [2.24, 2.45) is 13.0 Å². The van der Waals surface area contributed by atoms with Crippen LogP contribution in [0, 0.1) is 11.7 Å². The summed E-state index contributed by atoms with van der Waals surface area (Å²) < 4.78 is 15.7. The highest BCUT2D eigenvalue weighted by Gasteiger charge is 2.26. The van der Waals surface area contributed by atoms with Gasteiger partial charge in [-0.3, -0.25) is 9.59 Å². The van der Waals surface area contributed by atoms with Crippen LogP contribution in [-0.4, -0.2) is 37.3 Å². The maximum Gasteiger partial charge on any atom is 0.254 e. The van der Waals surface area contributed by atoms with Crippen LogP contribution < -0.4 is 10.6 Å². The summed E-state index contributed by atoms with van der Waals surface area (Å²) in [5, 5.41) is 16.7. The molecule has 158 valence electrons. The molecule has 30 heavy (non-hydrogen) atoms. The molecule has 0 aliphatic carbocycles. The molecule has 2 aromatic heterocycles. The zero-order valence-corrected chi connectivity index (χ0v) is 18.3. The van der Waals surface area contributed by atoms with Crippen LogP contribution in [0.2, 0.25) is 0 Å². The fourth-order valence-corrected chi connectivity index (χ4v) is 3.95. The zero-order valence-electron chi connectivity index (χ0n) is 16.6. The molecule has 3 rings (SSSR count). The Balaban J connectivity index is 1.69. The summed E-state index contributed by atoms with van der Waals surface area (Å²) in [6.07, 6.45) is 1.62. The number of benzene rings is 1. The van der Waals surface area contributed by atoms with E-state index >= 15 is 0 Å². The molecule has 0 saturated heterocycles. The number of carbonyl (C=O) groups is 2. The van der Waals surface area contributed by atoms with Crippen LogP contribution in [0.25, 0.3) is 0 Å². The number of thiazole rings is 1. The molecule has 0 saturated carbocycles. The summed E-state index contributed by atoms with van der Waals surface area (Å²) in [5.41, 5.74) is -0.0289. The highest BCUT2D eigenvalue weighted by molar-refractivity contribution is 7.99. The van der Waals surface area contributed by atoms with Crippen LogP contribution in [0.5, 0.6) is 0 Å². The predicted molar refractivity (Wildman–Crippen MR) is 114 cm³/mol. The number of hydrogen-bond donors (Lipinski definition) is 2. The SMILES string of the molecule is CC(C)[C@H](NC(=O)c1ccccc1F)c1nnc(SCC(=O)Nc2nccs2)n1C. The van der Waals surface area contributed by atoms with Gasteiger partial charge in [0.15, 0.2) is 16.1 Å². The molecule has 3 aromatic rings. The number of anilines is 1. The van der Waals surface area contributed by atoms with Crippen LogP contribution >= 0.6 is 23.1 Å². The molecule has 1 aromatic carbocycles. The molecule has 0 aliphatic rings. The monoisotopic (exact) mass is 448 g/mol. The van der Waals surface area contributed by atoms with Gasteiger partial charge in [-0.1, -0.05) is 37.7 Å². The summed E-state index contributed by atoms with van der Waals surface area (Å²) in [4.78, 5) is 28.6. The highest BCUT2D eigenvalue weighted by atomic mass is 32.2. The van der Waals surface area contributed by atoms with Crippen LogP contribution in [0.3, 0.4) is 0 Å². The minimum Gasteiger partial charge on any atom is -0.342 e. The molecule has 0 radical (unpaired) electrons. The average Bonchev–Trinajstić information content (AvgIpc) is 3.34. The van der Waals surface area contributed by atoms with Gasteiger partial charge in [0.2, 0.25) is 5.91 Å². The van der Waals surface area contributed by atoms with E-state index in [1.807, 2.05) is 13.8 Å². The Morgan fingerprint density at radius 3 is 2.70 bits per heavy atom. The number of carbonyl (C=O) groups excluding carboxylic acids is 2. The van der Waals surface area contributed by atoms with Crippen LogP contribution in [0.4, 0.5) is 9.52 Å². The molecule has 1 atom stereocenters. The number of rotatable bonds is 8. The van der Waals surface area contributed by atoms with Crippen LogP contribution in [0.1, 0.15) is 36.1 Å². The minimum atomic E-state index is -0.585. The van der Waals surface area contributed by atoms with Gasteiger partial charge < -0.3 is 15.2 Å². The first kappa shape index (κ1) is 21.9. The molecule has 2 heterocycles. The summed E-state index contributed by atoms with van der Waals surface area (Å²) in [5.74, 6) is -0.663. The van der Waals surface area contributed by atoms with Gasteiger partial charge in [-0.15, -0.1) is 21.5 Å². The van der Waals surface area contributed by atoms with E-state index in [1.165, 1.54) is 41.3 Å². The molecule has 2 amide bonds. The van der Waals surface area contributed by atoms with E-state index in [-0.39, 0.29) is 23.1 Å². The number of amides is 2. The maximum absolute atomic E-state index is 14.0. The Hall–Kier alpha value is -2.79. The van der Waals surface area contributed by atoms with Gasteiger partial charge in [0.05, 0.1) is 17.4 Å². The fourth-order valence-electron chi connectivity index (χ4n) is 2.69. The lowest BCUT2D eigenvalue weighted by molar-refractivity contribution is -0.113. The molecule has 11 heteroatoms. The van der Waals surface area contributed by atoms with Gasteiger partial charge in [-0.2, -0.15) is 0 Å². The van der Waals surface area contributed by atoms with E-state index in [2.05, 4.69) is 25.8 Å². The van der Waals surface area contributed by atoms with E-state index in [1.54, 1.807) is 29.3 Å². The van der Waals surface area contributed by atoms with Crippen molar-refractivity contribution in [1.82, 2.24) is 25.1 Å². The molecule has 0 unspecified atom stereocenters. The van der Waals surface area contributed by atoms with Crippen molar-refractivity contribution in [3.63, 3.8) is 0 Å². The van der Waals surface area contributed by atoms with Crippen molar-refractivity contribution in [3.8, 4) is 0 Å². The molecule has 0 spiro atoms. The third-order valence-corrected chi connectivity index (χ3v) is 5.94. The first-order valence-corrected chi connectivity index (χ1v) is 11.0. The third-order valence-electron chi connectivity index (χ3n) is 4.23. The van der Waals surface area contributed by atoms with E-state index in [9.17, 15) is 14.0 Å². The fraction of sp³-hybridized carbons (Fsp3) is 0.316. The van der Waals surface area contributed by atoms with Crippen molar-refractivity contribution >= 4 is 40.0 Å². The zero-order chi connectivity index (χ0) is 21.7. The molecular formula is C19H21FN6O2S2. The van der Waals surface area contributed by atoms with Crippen LogP contribution in [-0.2, 0) is 11.8 Å². The smallest absolute Gasteiger partial charge is 0.254 e. The van der Waals surface area contributed by atoms with Gasteiger partial charge >= 0.3 is 0 Å². The first-order chi connectivity index (χ1) is 14.4. The van der Waals surface area contributed by atoms with E-state index in [0.29, 0.717) is 16.1 Å². The van der Waals surface area contributed by atoms with Gasteiger partial charge in [0.25, 0.3) is 5.91 Å². The summed E-state index contributed by atoms with van der Waals surface area (Å²) in [7, 11) is 1.76. The van der Waals surface area contributed by atoms with Gasteiger partial charge in [0.1, 0.15) is 5.82 Å². The number of nitrogens with one attached hydrogen (secondary N) is 2. The number of halogens is 1. The Morgan fingerprint density at radius 2 is 2.03 bits per heavy atom. The second kappa shape index (κ2) is 9.81.